The van der Waals surface area contributed by atoms with Gasteiger partial charge in [0.1, 0.15) is 0 Å². The minimum Gasteiger partial charge on any atom is -0.452 e. The standard InChI is InChI=1S/C21H18N2O4/c1-14(24)22-16-9-11-17(12-10-16)23-20(25)13-27-21(26)19-8-4-6-15-5-2-3-7-18(15)19/h2-12H,13H2,1H3,(H,22,24)(H,23,25). The summed E-state index contributed by atoms with van der Waals surface area (Å²) in [5, 5.41) is 6.98. The number of anilines is 2. The predicted molar refractivity (Wildman–Crippen MR) is 104 cm³/mol. The van der Waals surface area contributed by atoms with Crippen LogP contribution in [-0.2, 0) is 14.3 Å². The normalized spacial score (nSPS) is 10.3. The predicted octanol–water partition coefficient (Wildman–Crippen LogP) is 3.59. The van der Waals surface area contributed by atoms with E-state index in [1.54, 1.807) is 36.4 Å². The van der Waals surface area contributed by atoms with Crippen LogP contribution < -0.4 is 10.6 Å². The van der Waals surface area contributed by atoms with Gasteiger partial charge in [0.25, 0.3) is 5.91 Å². The van der Waals surface area contributed by atoms with E-state index in [4.69, 9.17) is 4.74 Å². The Morgan fingerprint density at radius 2 is 1.44 bits per heavy atom. The fourth-order valence-corrected chi connectivity index (χ4v) is 2.65. The molecule has 3 aromatic carbocycles. The summed E-state index contributed by atoms with van der Waals surface area (Å²) in [6, 6.07) is 19.5. The highest BCUT2D eigenvalue weighted by molar-refractivity contribution is 6.05. The maximum atomic E-state index is 12.3. The molecule has 27 heavy (non-hydrogen) atoms. The average Bonchev–Trinajstić information content (AvgIpc) is 2.67. The first kappa shape index (κ1) is 18.1. The largest absolute Gasteiger partial charge is 0.452 e. The minimum absolute atomic E-state index is 0.174. The molecule has 136 valence electrons. The van der Waals surface area contributed by atoms with Gasteiger partial charge in [-0.25, -0.2) is 4.79 Å². The van der Waals surface area contributed by atoms with Crippen LogP contribution in [0.15, 0.2) is 66.7 Å². The van der Waals surface area contributed by atoms with Crippen molar-refractivity contribution in [3.05, 3.63) is 72.3 Å². The van der Waals surface area contributed by atoms with Crippen LogP contribution in [0.3, 0.4) is 0 Å². The third-order valence-corrected chi connectivity index (χ3v) is 3.83. The Hall–Kier alpha value is -3.67. The molecule has 0 bridgehead atoms. The Morgan fingerprint density at radius 1 is 0.815 bits per heavy atom. The molecule has 6 heteroatoms. The second-order valence-electron chi connectivity index (χ2n) is 5.91. The number of hydrogen-bond donors (Lipinski definition) is 2. The average molecular weight is 362 g/mol. The smallest absolute Gasteiger partial charge is 0.339 e. The van der Waals surface area contributed by atoms with Crippen molar-refractivity contribution < 1.29 is 19.1 Å². The van der Waals surface area contributed by atoms with Gasteiger partial charge >= 0.3 is 5.97 Å². The van der Waals surface area contributed by atoms with Gasteiger partial charge in [0, 0.05) is 18.3 Å². The van der Waals surface area contributed by atoms with Crippen LogP contribution in [0.2, 0.25) is 0 Å². The third kappa shape index (κ3) is 4.70. The lowest BCUT2D eigenvalue weighted by Crippen LogP contribution is -2.21. The molecule has 0 unspecified atom stereocenters. The van der Waals surface area contributed by atoms with Gasteiger partial charge in [0.05, 0.1) is 5.56 Å². The Labute approximate surface area is 156 Å². The summed E-state index contributed by atoms with van der Waals surface area (Å²) in [6.45, 7) is 1.02. The number of fused-ring (bicyclic) bond motifs is 1. The van der Waals surface area contributed by atoms with Gasteiger partial charge in [0.2, 0.25) is 5.91 Å². The molecular weight excluding hydrogens is 344 g/mol. The number of benzene rings is 3. The van der Waals surface area contributed by atoms with Crippen LogP contribution in [0, 0.1) is 0 Å². The van der Waals surface area contributed by atoms with Crippen molar-refractivity contribution in [2.75, 3.05) is 17.2 Å². The summed E-state index contributed by atoms with van der Waals surface area (Å²) in [7, 11) is 0. The maximum absolute atomic E-state index is 12.3. The molecule has 0 spiro atoms. The van der Waals surface area contributed by atoms with E-state index in [0.29, 0.717) is 16.9 Å². The quantitative estimate of drug-likeness (QED) is 0.679. The zero-order valence-electron chi connectivity index (χ0n) is 14.7. The molecule has 0 aliphatic rings. The van der Waals surface area contributed by atoms with E-state index in [1.807, 2.05) is 30.3 Å². The zero-order chi connectivity index (χ0) is 19.2. The van der Waals surface area contributed by atoms with E-state index in [2.05, 4.69) is 10.6 Å². The van der Waals surface area contributed by atoms with Crippen molar-refractivity contribution in [1.29, 1.82) is 0 Å². The van der Waals surface area contributed by atoms with Crippen molar-refractivity contribution in [2.45, 2.75) is 6.92 Å². The molecule has 0 saturated carbocycles. The molecule has 0 radical (unpaired) electrons. The number of carbonyl (C=O) groups is 3. The molecule has 3 rings (SSSR count). The first-order valence-electron chi connectivity index (χ1n) is 8.35. The molecule has 0 aliphatic heterocycles. The molecule has 0 aliphatic carbocycles. The lowest BCUT2D eigenvalue weighted by atomic mass is 10.1. The molecule has 0 heterocycles. The molecule has 0 saturated heterocycles. The van der Waals surface area contributed by atoms with Gasteiger partial charge in [-0.15, -0.1) is 0 Å². The van der Waals surface area contributed by atoms with Crippen LogP contribution in [0.4, 0.5) is 11.4 Å². The van der Waals surface area contributed by atoms with Crippen molar-refractivity contribution >= 4 is 39.9 Å². The molecule has 0 fully saturated rings. The van der Waals surface area contributed by atoms with Gasteiger partial charge in [-0.2, -0.15) is 0 Å². The number of ether oxygens (including phenoxy) is 1. The van der Waals surface area contributed by atoms with Gasteiger partial charge in [0.15, 0.2) is 6.61 Å². The van der Waals surface area contributed by atoms with Crippen LogP contribution in [-0.4, -0.2) is 24.4 Å². The number of nitrogens with one attached hydrogen (secondary N) is 2. The lowest BCUT2D eigenvalue weighted by molar-refractivity contribution is -0.119. The number of esters is 1. The van der Waals surface area contributed by atoms with E-state index in [1.165, 1.54) is 6.92 Å². The summed E-state index contributed by atoms with van der Waals surface area (Å²) in [5.74, 6) is -1.18. The van der Waals surface area contributed by atoms with Crippen molar-refractivity contribution in [1.82, 2.24) is 0 Å². The zero-order valence-corrected chi connectivity index (χ0v) is 14.7. The molecule has 0 aromatic heterocycles. The number of rotatable bonds is 5. The molecule has 2 amide bonds. The van der Waals surface area contributed by atoms with Gasteiger partial charge in [-0.1, -0.05) is 36.4 Å². The lowest BCUT2D eigenvalue weighted by Gasteiger charge is -2.09. The molecule has 2 N–H and O–H groups in total. The highest BCUT2D eigenvalue weighted by Gasteiger charge is 2.13. The first-order valence-corrected chi connectivity index (χ1v) is 8.35. The van der Waals surface area contributed by atoms with E-state index >= 15 is 0 Å². The van der Waals surface area contributed by atoms with E-state index < -0.39 is 18.5 Å². The molecule has 3 aromatic rings. The topological polar surface area (TPSA) is 84.5 Å². The fourth-order valence-electron chi connectivity index (χ4n) is 2.65. The minimum atomic E-state index is -0.553. The monoisotopic (exact) mass is 362 g/mol. The second-order valence-corrected chi connectivity index (χ2v) is 5.91. The van der Waals surface area contributed by atoms with Crippen molar-refractivity contribution in [3.63, 3.8) is 0 Å². The summed E-state index contributed by atoms with van der Waals surface area (Å²) >= 11 is 0. The van der Waals surface area contributed by atoms with Gasteiger partial charge in [-0.3, -0.25) is 9.59 Å². The van der Waals surface area contributed by atoms with Crippen LogP contribution in [0.25, 0.3) is 10.8 Å². The molecule has 6 nitrogen and oxygen atoms in total. The van der Waals surface area contributed by atoms with E-state index in [0.717, 1.165) is 10.8 Å². The second kappa shape index (κ2) is 8.14. The molecule has 0 atom stereocenters. The number of carbonyl (C=O) groups excluding carboxylic acids is 3. The van der Waals surface area contributed by atoms with Crippen LogP contribution in [0.5, 0.6) is 0 Å². The SMILES string of the molecule is CC(=O)Nc1ccc(NC(=O)COC(=O)c2cccc3ccccc23)cc1. The Bertz CT molecular complexity index is 991. The van der Waals surface area contributed by atoms with Crippen LogP contribution in [0.1, 0.15) is 17.3 Å². The Morgan fingerprint density at radius 3 is 2.15 bits per heavy atom. The van der Waals surface area contributed by atoms with Crippen molar-refractivity contribution in [3.8, 4) is 0 Å². The molecular formula is C21H18N2O4. The summed E-state index contributed by atoms with van der Waals surface area (Å²) < 4.78 is 5.14. The highest BCUT2D eigenvalue weighted by atomic mass is 16.5. The maximum Gasteiger partial charge on any atom is 0.339 e. The summed E-state index contributed by atoms with van der Waals surface area (Å²) in [4.78, 5) is 35.3. The van der Waals surface area contributed by atoms with Crippen molar-refractivity contribution in [2.24, 2.45) is 0 Å². The third-order valence-electron chi connectivity index (χ3n) is 3.83. The van der Waals surface area contributed by atoms with Gasteiger partial charge in [-0.05, 0) is 41.1 Å². The fraction of sp³-hybridized carbons (Fsp3) is 0.0952. The summed E-state index contributed by atoms with van der Waals surface area (Å²) in [5.41, 5.74) is 1.58. The van der Waals surface area contributed by atoms with Gasteiger partial charge < -0.3 is 15.4 Å². The van der Waals surface area contributed by atoms with Crippen LogP contribution >= 0.6 is 0 Å². The first-order chi connectivity index (χ1) is 13.0. The highest BCUT2D eigenvalue weighted by Crippen LogP contribution is 2.19. The summed E-state index contributed by atoms with van der Waals surface area (Å²) in [6.07, 6.45) is 0. The Balaban J connectivity index is 1.58. The van der Waals surface area contributed by atoms with E-state index in [9.17, 15) is 14.4 Å². The van der Waals surface area contributed by atoms with E-state index in [-0.39, 0.29) is 5.91 Å². The number of hydrogen-bond acceptors (Lipinski definition) is 4. The Kier molecular flexibility index (Phi) is 5.47. The number of amides is 2.